The first-order chi connectivity index (χ1) is 3.77. The molecule has 0 aliphatic carbocycles. The zero-order valence-electron chi connectivity index (χ0n) is 5.13. The number of hydrogen-bond donors (Lipinski definition) is 2. The van der Waals surface area contributed by atoms with Crippen LogP contribution in [-0.2, 0) is 4.79 Å². The van der Waals surface area contributed by atoms with E-state index < -0.39 is 5.97 Å². The molecule has 0 fully saturated rings. The second kappa shape index (κ2) is 8.33. The minimum absolute atomic E-state index is 0. The first-order valence-corrected chi connectivity index (χ1v) is 2.60. The molecule has 4 heteroatoms. The molecule has 0 aliphatic heterocycles. The first kappa shape index (κ1) is 12.0. The zero-order valence-corrected chi connectivity index (χ0v) is 9.02. The van der Waals surface area contributed by atoms with Crippen LogP contribution in [0.15, 0.2) is 0 Å². The fourth-order valence-corrected chi connectivity index (χ4v) is 0.388. The average Bonchev–Trinajstić information content (AvgIpc) is 1.66. The molecule has 0 unspecified atom stereocenters. The molecule has 9 heavy (non-hydrogen) atoms. The van der Waals surface area contributed by atoms with Gasteiger partial charge in [-0.05, 0) is 12.8 Å². The van der Waals surface area contributed by atoms with Gasteiger partial charge in [-0.25, -0.2) is 0 Å². The van der Waals surface area contributed by atoms with Gasteiger partial charge in [0.1, 0.15) is 0 Å². The summed E-state index contributed by atoms with van der Waals surface area (Å²) < 4.78 is 0. The van der Waals surface area contributed by atoms with E-state index in [9.17, 15) is 4.79 Å². The first-order valence-electron chi connectivity index (χ1n) is 2.60. The van der Waals surface area contributed by atoms with Crippen LogP contribution >= 0.6 is 0 Å². The van der Waals surface area contributed by atoms with Crippen LogP contribution in [0, 0.1) is 0 Å². The second-order valence-electron chi connectivity index (χ2n) is 1.57. The molecule has 0 atom stereocenters. The summed E-state index contributed by atoms with van der Waals surface area (Å²) >= 11 is 0. The molecule has 0 aliphatic rings. The van der Waals surface area contributed by atoms with Gasteiger partial charge in [-0.15, -0.1) is 0 Å². The fourth-order valence-electron chi connectivity index (χ4n) is 0.388. The van der Waals surface area contributed by atoms with Crippen molar-refractivity contribution in [3.63, 3.8) is 0 Å². The Balaban J connectivity index is 0. The molecule has 0 spiro atoms. The van der Waals surface area contributed by atoms with Gasteiger partial charge in [-0.1, -0.05) is 0 Å². The third kappa shape index (κ3) is 11.7. The van der Waals surface area contributed by atoms with E-state index in [0.717, 1.165) is 0 Å². The predicted molar refractivity (Wildman–Crippen MR) is 37.1 cm³/mol. The Bertz CT molecular complexity index is 74.6. The molecule has 0 aromatic rings. The van der Waals surface area contributed by atoms with Gasteiger partial charge >= 0.3 is 32.5 Å². The van der Waals surface area contributed by atoms with Gasteiger partial charge in [-0.3, -0.25) is 4.79 Å². The van der Waals surface area contributed by atoms with Crippen molar-refractivity contribution < 1.29 is 15.0 Å². The Labute approximate surface area is 73.5 Å². The minimum atomic E-state index is -0.793. The summed E-state index contributed by atoms with van der Waals surface area (Å²) in [6, 6.07) is 0. The van der Waals surface area contributed by atoms with E-state index in [-0.39, 0.29) is 39.6 Å². The Morgan fingerprint density at radius 3 is 2.22 bits per heavy atom. The quantitative estimate of drug-likeness (QED) is 0.672. The van der Waals surface area contributed by atoms with E-state index in [0.29, 0.717) is 12.8 Å². The number of unbranched alkanes of at least 4 members (excludes halogenated alkanes) is 1. The molecule has 0 heterocycles. The molecule has 0 rings (SSSR count). The fraction of sp³-hybridized carbons (Fsp3) is 0.800. The van der Waals surface area contributed by atoms with Gasteiger partial charge in [0.25, 0.3) is 0 Å². The number of hydrogen-bond acceptors (Lipinski definition) is 2. The molecule has 0 radical (unpaired) electrons. The van der Waals surface area contributed by atoms with Crippen LogP contribution in [0.5, 0.6) is 0 Å². The molecule has 3 nitrogen and oxygen atoms in total. The topological polar surface area (TPSA) is 57.5 Å². The van der Waals surface area contributed by atoms with Crippen LogP contribution in [0.2, 0.25) is 0 Å². The van der Waals surface area contributed by atoms with Crippen LogP contribution in [0.25, 0.3) is 0 Å². The van der Waals surface area contributed by atoms with E-state index in [1.165, 1.54) is 0 Å². The van der Waals surface area contributed by atoms with Crippen molar-refractivity contribution in [3.8, 4) is 0 Å². The summed E-state index contributed by atoms with van der Waals surface area (Å²) in [7, 11) is 0. The maximum atomic E-state index is 9.79. The summed E-state index contributed by atoms with van der Waals surface area (Å²) in [4.78, 5) is 9.79. The Kier molecular flexibility index (Phi) is 11.1. The molecular weight excluding hydrogens is 317 g/mol. The number of rotatable bonds is 4. The van der Waals surface area contributed by atoms with Crippen LogP contribution in [0.3, 0.4) is 0 Å². The van der Waals surface area contributed by atoms with Gasteiger partial charge in [-0.2, -0.15) is 0 Å². The molecule has 56 valence electrons. The SMILES string of the molecule is O=C(O)CCCCO.[PoH2]. The molecule has 0 saturated carbocycles. The summed E-state index contributed by atoms with van der Waals surface area (Å²) in [5.41, 5.74) is 0. The number of aliphatic hydroxyl groups is 1. The van der Waals surface area contributed by atoms with Gasteiger partial charge in [0.15, 0.2) is 0 Å². The van der Waals surface area contributed by atoms with E-state index in [1.54, 1.807) is 0 Å². The maximum absolute atomic E-state index is 9.79. The van der Waals surface area contributed by atoms with Crippen LogP contribution in [0.4, 0.5) is 0 Å². The van der Waals surface area contributed by atoms with Gasteiger partial charge in [0.2, 0.25) is 0 Å². The standard InChI is InChI=1S/C5H10O3.Po.2H/c6-4-2-1-3-5(7)8;;;/h6H,1-4H2,(H,7,8);;;. The number of carbonyl (C=O) groups is 1. The van der Waals surface area contributed by atoms with Crippen LogP contribution < -0.4 is 0 Å². The summed E-state index contributed by atoms with van der Waals surface area (Å²) in [6.07, 6.45) is 1.33. The van der Waals surface area contributed by atoms with Crippen LogP contribution in [0.1, 0.15) is 19.3 Å². The van der Waals surface area contributed by atoms with Crippen molar-refractivity contribution in [1.82, 2.24) is 0 Å². The van der Waals surface area contributed by atoms with Crippen molar-refractivity contribution in [2.45, 2.75) is 19.3 Å². The second-order valence-corrected chi connectivity index (χ2v) is 1.57. The Hall–Kier alpha value is 0.326. The van der Waals surface area contributed by atoms with E-state index in [4.69, 9.17) is 10.2 Å². The monoisotopic (exact) mass is 329 g/mol. The van der Waals surface area contributed by atoms with Crippen molar-refractivity contribution in [3.05, 3.63) is 0 Å². The molecule has 0 aromatic heterocycles. The van der Waals surface area contributed by atoms with E-state index in [1.807, 2.05) is 0 Å². The molecule has 0 amide bonds. The number of aliphatic hydroxyl groups excluding tert-OH is 1. The normalized spacial score (nSPS) is 8.11. The summed E-state index contributed by atoms with van der Waals surface area (Å²) in [6.45, 7) is 0.0906. The third-order valence-electron chi connectivity index (χ3n) is 0.799. The Morgan fingerprint density at radius 1 is 1.33 bits per heavy atom. The van der Waals surface area contributed by atoms with E-state index >= 15 is 0 Å². The van der Waals surface area contributed by atoms with Gasteiger partial charge in [0.05, 0.1) is 0 Å². The van der Waals surface area contributed by atoms with Crippen LogP contribution in [-0.4, -0.2) is 49.4 Å². The van der Waals surface area contributed by atoms with Crippen molar-refractivity contribution in [2.24, 2.45) is 0 Å². The average molecular weight is 329 g/mol. The zero-order chi connectivity index (χ0) is 6.41. The van der Waals surface area contributed by atoms with Gasteiger partial charge < -0.3 is 10.2 Å². The number of aliphatic carboxylic acids is 1. The molecular formula is C5H12O3Po. The number of carboxylic acid groups (broad SMARTS) is 1. The molecule has 2 N–H and O–H groups in total. The van der Waals surface area contributed by atoms with Crippen molar-refractivity contribution in [1.29, 1.82) is 0 Å². The van der Waals surface area contributed by atoms with Crippen molar-refractivity contribution in [2.75, 3.05) is 6.61 Å². The molecule has 0 saturated heterocycles. The predicted octanol–water partition coefficient (Wildman–Crippen LogP) is -0.683. The molecule has 0 aromatic carbocycles. The third-order valence-corrected chi connectivity index (χ3v) is 0.799. The van der Waals surface area contributed by atoms with E-state index in [2.05, 4.69) is 0 Å². The van der Waals surface area contributed by atoms with Crippen molar-refractivity contribution >= 4 is 32.5 Å². The summed E-state index contributed by atoms with van der Waals surface area (Å²) in [5.74, 6) is -0.793. The molecule has 0 bridgehead atoms. The summed E-state index contributed by atoms with van der Waals surface area (Å²) in [5, 5.41) is 16.2. The van der Waals surface area contributed by atoms with Gasteiger partial charge in [0, 0.05) is 13.0 Å². The Morgan fingerprint density at radius 2 is 1.89 bits per heavy atom. The number of carboxylic acids is 1.